The minimum absolute atomic E-state index is 0.0505. The highest BCUT2D eigenvalue weighted by Crippen LogP contribution is 2.46. The van der Waals surface area contributed by atoms with E-state index in [-0.39, 0.29) is 24.1 Å². The van der Waals surface area contributed by atoms with Gasteiger partial charge in [-0.1, -0.05) is 58.4 Å². The van der Waals surface area contributed by atoms with Crippen LogP contribution in [0.25, 0.3) is 0 Å². The largest absolute Gasteiger partial charge is 0.446 e. The number of esters is 1. The summed E-state index contributed by atoms with van der Waals surface area (Å²) < 4.78 is 6.73. The van der Waals surface area contributed by atoms with E-state index in [0.717, 1.165) is 15.6 Å². The first-order chi connectivity index (χ1) is 11.5. The van der Waals surface area contributed by atoms with Gasteiger partial charge >= 0.3 is 5.97 Å². The van der Waals surface area contributed by atoms with Crippen LogP contribution < -0.4 is 0 Å². The number of cyclic esters (lactones) is 1. The van der Waals surface area contributed by atoms with E-state index in [2.05, 4.69) is 15.9 Å². The zero-order valence-corrected chi connectivity index (χ0v) is 14.8. The van der Waals surface area contributed by atoms with Crippen molar-refractivity contribution >= 4 is 27.7 Å². The van der Waals surface area contributed by atoms with E-state index in [1.54, 1.807) is 13.0 Å². The monoisotopic (exact) mass is 384 g/mol. The maximum atomic E-state index is 11.9. The fourth-order valence-electron chi connectivity index (χ4n) is 3.17. The highest BCUT2D eigenvalue weighted by atomic mass is 79.9. The fraction of sp³-hybridized carbons (Fsp3) is 0.200. The molecule has 122 valence electrons. The molecule has 24 heavy (non-hydrogen) atoms. The Morgan fingerprint density at radius 3 is 2.33 bits per heavy atom. The summed E-state index contributed by atoms with van der Waals surface area (Å²) in [5, 5.41) is 0. The zero-order chi connectivity index (χ0) is 17.2. The normalized spacial score (nSPS) is 20.7. The molecular weight excluding hydrogens is 368 g/mol. The molecule has 0 aliphatic carbocycles. The Labute approximate surface area is 149 Å². The lowest BCUT2D eigenvalue weighted by atomic mass is 9.75. The molecule has 0 fully saturated rings. The second-order valence-corrected chi connectivity index (χ2v) is 6.84. The minimum atomic E-state index is -0.960. The quantitative estimate of drug-likeness (QED) is 0.711. The molecule has 1 heterocycles. The van der Waals surface area contributed by atoms with Gasteiger partial charge in [0, 0.05) is 28.5 Å². The van der Waals surface area contributed by atoms with Gasteiger partial charge in [-0.3, -0.25) is 0 Å². The van der Waals surface area contributed by atoms with Gasteiger partial charge in [0.15, 0.2) is 5.60 Å². The van der Waals surface area contributed by atoms with Crippen molar-refractivity contribution in [2.45, 2.75) is 24.9 Å². The summed E-state index contributed by atoms with van der Waals surface area (Å²) in [7, 11) is 0. The maximum Gasteiger partial charge on any atom is 0.331 e. The van der Waals surface area contributed by atoms with Crippen LogP contribution in [-0.4, -0.2) is 11.8 Å². The predicted octanol–water partition coefficient (Wildman–Crippen LogP) is 4.52. The van der Waals surface area contributed by atoms with Gasteiger partial charge in [0.2, 0.25) is 0 Å². The summed E-state index contributed by atoms with van der Waals surface area (Å²) in [6.07, 6.45) is 3.51. The number of ether oxygens (including phenoxy) is 1. The molecule has 0 bridgehead atoms. The van der Waals surface area contributed by atoms with E-state index in [4.69, 9.17) is 4.74 Å². The van der Waals surface area contributed by atoms with Crippen LogP contribution in [0.4, 0.5) is 0 Å². The predicted molar refractivity (Wildman–Crippen MR) is 95.5 cm³/mol. The van der Waals surface area contributed by atoms with Gasteiger partial charge in [0.1, 0.15) is 5.78 Å². The van der Waals surface area contributed by atoms with Gasteiger partial charge in [-0.05, 0) is 30.7 Å². The SMILES string of the molecule is CC(=O)C[C@H](c1ccc(Br)cc1)[C@]1(c2ccccc2)C=CC(=O)O1. The van der Waals surface area contributed by atoms with E-state index in [9.17, 15) is 9.59 Å². The van der Waals surface area contributed by atoms with Crippen molar-refractivity contribution in [2.24, 2.45) is 0 Å². The number of carbonyl (C=O) groups is 2. The van der Waals surface area contributed by atoms with Crippen LogP contribution >= 0.6 is 15.9 Å². The van der Waals surface area contributed by atoms with E-state index >= 15 is 0 Å². The second kappa shape index (κ2) is 6.73. The topological polar surface area (TPSA) is 43.4 Å². The zero-order valence-electron chi connectivity index (χ0n) is 13.2. The third kappa shape index (κ3) is 3.20. The Balaban J connectivity index is 2.14. The molecule has 2 aromatic carbocycles. The number of Topliss-reactive ketones (excluding diaryl/α,β-unsaturated/α-hetero) is 1. The van der Waals surface area contributed by atoms with Crippen LogP contribution in [0.15, 0.2) is 71.2 Å². The number of halogens is 1. The lowest BCUT2D eigenvalue weighted by Crippen LogP contribution is -2.34. The molecule has 0 radical (unpaired) electrons. The number of carbonyl (C=O) groups excluding carboxylic acids is 2. The number of hydrogen-bond acceptors (Lipinski definition) is 3. The molecule has 1 aliphatic heterocycles. The smallest absolute Gasteiger partial charge is 0.331 e. The summed E-state index contributed by atoms with van der Waals surface area (Å²) in [6.45, 7) is 1.56. The van der Waals surface area contributed by atoms with Crippen LogP contribution in [0.3, 0.4) is 0 Å². The number of hydrogen-bond donors (Lipinski definition) is 0. The summed E-state index contributed by atoms with van der Waals surface area (Å²) in [5.41, 5.74) is 0.857. The van der Waals surface area contributed by atoms with Gasteiger partial charge in [-0.2, -0.15) is 0 Å². The molecule has 0 aromatic heterocycles. The first-order valence-electron chi connectivity index (χ1n) is 7.74. The van der Waals surface area contributed by atoms with E-state index in [1.165, 1.54) is 6.08 Å². The molecule has 0 amide bonds. The summed E-state index contributed by atoms with van der Waals surface area (Å²) in [4.78, 5) is 23.8. The van der Waals surface area contributed by atoms with E-state index in [0.29, 0.717) is 0 Å². The summed E-state index contributed by atoms with van der Waals surface area (Å²) >= 11 is 3.43. The third-order valence-corrected chi connectivity index (χ3v) is 4.77. The highest BCUT2D eigenvalue weighted by molar-refractivity contribution is 9.10. The first-order valence-corrected chi connectivity index (χ1v) is 8.53. The lowest BCUT2D eigenvalue weighted by Gasteiger charge is -2.35. The first kappa shape index (κ1) is 16.7. The Hall–Kier alpha value is -2.20. The summed E-state index contributed by atoms with van der Waals surface area (Å²) in [6, 6.07) is 17.4. The van der Waals surface area contributed by atoms with Crippen molar-refractivity contribution in [3.05, 3.63) is 82.3 Å². The Morgan fingerprint density at radius 2 is 1.79 bits per heavy atom. The van der Waals surface area contributed by atoms with Gasteiger partial charge in [-0.15, -0.1) is 0 Å². The van der Waals surface area contributed by atoms with Crippen molar-refractivity contribution in [3.63, 3.8) is 0 Å². The lowest BCUT2D eigenvalue weighted by molar-refractivity contribution is -0.149. The van der Waals surface area contributed by atoms with Crippen molar-refractivity contribution in [1.82, 2.24) is 0 Å². The molecule has 0 saturated carbocycles. The summed E-state index contributed by atoms with van der Waals surface area (Å²) in [5.74, 6) is -0.618. The van der Waals surface area contributed by atoms with E-state index < -0.39 is 5.60 Å². The van der Waals surface area contributed by atoms with Crippen molar-refractivity contribution in [3.8, 4) is 0 Å². The fourth-order valence-corrected chi connectivity index (χ4v) is 3.43. The highest BCUT2D eigenvalue weighted by Gasteiger charge is 2.46. The molecule has 0 N–H and O–H groups in total. The average molecular weight is 385 g/mol. The Bertz CT molecular complexity index is 780. The van der Waals surface area contributed by atoms with Crippen LogP contribution in [0, 0.1) is 0 Å². The molecule has 0 saturated heterocycles. The van der Waals surface area contributed by atoms with Crippen molar-refractivity contribution in [2.75, 3.05) is 0 Å². The number of rotatable bonds is 5. The van der Waals surface area contributed by atoms with Crippen LogP contribution in [0.2, 0.25) is 0 Å². The molecular formula is C20H17BrO3. The minimum Gasteiger partial charge on any atom is -0.446 e. The van der Waals surface area contributed by atoms with Gasteiger partial charge in [0.25, 0.3) is 0 Å². The van der Waals surface area contributed by atoms with Crippen LogP contribution in [-0.2, 0) is 19.9 Å². The molecule has 0 unspecified atom stereocenters. The molecule has 2 atom stereocenters. The Morgan fingerprint density at radius 1 is 1.12 bits per heavy atom. The molecule has 4 heteroatoms. The number of ketones is 1. The van der Waals surface area contributed by atoms with Gasteiger partial charge < -0.3 is 9.53 Å². The molecule has 3 nitrogen and oxygen atoms in total. The molecule has 2 aromatic rings. The standard InChI is InChI=1S/C20H17BrO3/c1-14(22)13-18(15-7-9-17(21)10-8-15)20(12-11-19(23)24-20)16-5-3-2-4-6-16/h2-12,18H,13H2,1H3/t18-,20-/m1/s1. The van der Waals surface area contributed by atoms with Gasteiger partial charge in [-0.25, -0.2) is 4.79 Å². The number of benzene rings is 2. The molecule has 1 aliphatic rings. The van der Waals surface area contributed by atoms with Crippen molar-refractivity contribution in [1.29, 1.82) is 0 Å². The van der Waals surface area contributed by atoms with Gasteiger partial charge in [0.05, 0.1) is 0 Å². The Kier molecular flexibility index (Phi) is 4.67. The molecule has 0 spiro atoms. The second-order valence-electron chi connectivity index (χ2n) is 5.92. The molecule has 3 rings (SSSR count). The average Bonchev–Trinajstić information content (AvgIpc) is 2.97. The van der Waals surface area contributed by atoms with Crippen LogP contribution in [0.5, 0.6) is 0 Å². The maximum absolute atomic E-state index is 11.9. The van der Waals surface area contributed by atoms with E-state index in [1.807, 2.05) is 54.6 Å². The van der Waals surface area contributed by atoms with Crippen molar-refractivity contribution < 1.29 is 14.3 Å². The third-order valence-electron chi connectivity index (χ3n) is 4.24. The van der Waals surface area contributed by atoms with Crippen LogP contribution in [0.1, 0.15) is 30.4 Å².